The van der Waals surface area contributed by atoms with Crippen molar-refractivity contribution in [2.45, 2.75) is 18.3 Å². The molecule has 80 valence electrons. The van der Waals surface area contributed by atoms with E-state index in [2.05, 4.69) is 11.4 Å². The van der Waals surface area contributed by atoms with Gasteiger partial charge in [-0.2, -0.15) is 0 Å². The van der Waals surface area contributed by atoms with Crippen molar-refractivity contribution in [1.29, 1.82) is 0 Å². The van der Waals surface area contributed by atoms with Gasteiger partial charge in [-0.3, -0.25) is 0 Å². The van der Waals surface area contributed by atoms with Gasteiger partial charge in [-0.25, -0.2) is 0 Å². The van der Waals surface area contributed by atoms with Gasteiger partial charge in [0.25, 0.3) is 0 Å². The summed E-state index contributed by atoms with van der Waals surface area (Å²) in [6, 6.07) is 6.10. The topological polar surface area (TPSA) is 21.3 Å². The molecule has 1 saturated heterocycles. The average Bonchev–Trinajstić information content (AvgIpc) is 2.61. The van der Waals surface area contributed by atoms with E-state index in [9.17, 15) is 0 Å². The van der Waals surface area contributed by atoms with Crippen LogP contribution in [0.5, 0.6) is 5.75 Å². The number of piperidine rings is 1. The summed E-state index contributed by atoms with van der Waals surface area (Å²) in [5.41, 5.74) is 1.54. The van der Waals surface area contributed by atoms with E-state index < -0.39 is 0 Å². The predicted octanol–water partition coefficient (Wildman–Crippen LogP) is 2.35. The zero-order valence-corrected chi connectivity index (χ0v) is 9.31. The number of rotatable bonds is 0. The van der Waals surface area contributed by atoms with Gasteiger partial charge in [0, 0.05) is 11.0 Å². The molecule has 0 unspecified atom stereocenters. The van der Waals surface area contributed by atoms with Crippen LogP contribution < -0.4 is 10.1 Å². The number of fused-ring (bicyclic) bond motifs is 2. The quantitative estimate of drug-likeness (QED) is 0.729. The molecule has 0 atom stereocenters. The smallest absolute Gasteiger partial charge is 0.141 e. The Morgan fingerprint density at radius 3 is 2.87 bits per heavy atom. The average molecular weight is 224 g/mol. The lowest BCUT2D eigenvalue weighted by Crippen LogP contribution is -2.40. The number of hydrogen-bond acceptors (Lipinski definition) is 2. The second-order valence-corrected chi connectivity index (χ2v) is 4.84. The van der Waals surface area contributed by atoms with Gasteiger partial charge >= 0.3 is 0 Å². The Balaban J connectivity index is 2.06. The van der Waals surface area contributed by atoms with Crippen molar-refractivity contribution in [2.24, 2.45) is 0 Å². The van der Waals surface area contributed by atoms with E-state index in [1.807, 2.05) is 12.1 Å². The van der Waals surface area contributed by atoms with Crippen LogP contribution in [0.2, 0.25) is 5.02 Å². The first-order valence-corrected chi connectivity index (χ1v) is 5.82. The lowest BCUT2D eigenvalue weighted by Gasteiger charge is -2.32. The highest BCUT2D eigenvalue weighted by atomic mass is 35.5. The van der Waals surface area contributed by atoms with Gasteiger partial charge in [0.2, 0.25) is 0 Å². The summed E-state index contributed by atoms with van der Waals surface area (Å²) in [7, 11) is 0. The largest absolute Gasteiger partial charge is 0.491 e. The molecule has 0 aliphatic carbocycles. The predicted molar refractivity (Wildman–Crippen MR) is 60.7 cm³/mol. The van der Waals surface area contributed by atoms with Gasteiger partial charge < -0.3 is 10.1 Å². The summed E-state index contributed by atoms with van der Waals surface area (Å²) < 4.78 is 5.76. The highest BCUT2D eigenvalue weighted by Gasteiger charge is 2.42. The fraction of sp³-hybridized carbons (Fsp3) is 0.500. The maximum absolute atomic E-state index is 6.13. The van der Waals surface area contributed by atoms with E-state index in [1.54, 1.807) is 0 Å². The minimum atomic E-state index is 0.228. The van der Waals surface area contributed by atoms with E-state index in [0.717, 1.165) is 43.3 Å². The van der Waals surface area contributed by atoms with Gasteiger partial charge in [-0.15, -0.1) is 0 Å². The summed E-state index contributed by atoms with van der Waals surface area (Å²) in [5, 5.41) is 4.15. The van der Waals surface area contributed by atoms with Crippen molar-refractivity contribution < 1.29 is 4.74 Å². The third-order valence-corrected chi connectivity index (χ3v) is 3.89. The highest BCUT2D eigenvalue weighted by molar-refractivity contribution is 6.32. The fourth-order valence-electron chi connectivity index (χ4n) is 2.68. The monoisotopic (exact) mass is 223 g/mol. The maximum Gasteiger partial charge on any atom is 0.141 e. The second kappa shape index (κ2) is 3.39. The highest BCUT2D eigenvalue weighted by Crippen LogP contribution is 2.47. The molecule has 0 amide bonds. The number of halogens is 1. The number of hydrogen-bond donors (Lipinski definition) is 1. The van der Waals surface area contributed by atoms with Crippen molar-refractivity contribution in [3.63, 3.8) is 0 Å². The van der Waals surface area contributed by atoms with Crippen molar-refractivity contribution >= 4 is 11.6 Å². The summed E-state index contributed by atoms with van der Waals surface area (Å²) in [6.45, 7) is 2.96. The van der Waals surface area contributed by atoms with Crippen LogP contribution in [0.25, 0.3) is 0 Å². The van der Waals surface area contributed by atoms with Crippen molar-refractivity contribution in [3.8, 4) is 5.75 Å². The molecule has 1 aromatic carbocycles. The van der Waals surface area contributed by atoms with Crippen LogP contribution in [0, 0.1) is 0 Å². The molecule has 2 aliphatic heterocycles. The Morgan fingerprint density at radius 1 is 1.27 bits per heavy atom. The lowest BCUT2D eigenvalue weighted by atomic mass is 9.75. The molecule has 3 rings (SSSR count). The Kier molecular flexibility index (Phi) is 2.15. The lowest BCUT2D eigenvalue weighted by molar-refractivity contribution is 0.220. The van der Waals surface area contributed by atoms with Gasteiger partial charge in [0.1, 0.15) is 5.75 Å². The molecule has 1 spiro atoms. The van der Waals surface area contributed by atoms with Crippen LogP contribution >= 0.6 is 11.6 Å². The molecule has 1 N–H and O–H groups in total. The Bertz CT molecular complexity index is 385. The SMILES string of the molecule is Clc1cccc2c1OCC21CCNCC1. The standard InChI is InChI=1S/C12H14ClNO/c13-10-3-1-2-9-11(10)15-8-12(9)4-6-14-7-5-12/h1-3,14H,4-8H2. The maximum atomic E-state index is 6.13. The van der Waals surface area contributed by atoms with Crippen LogP contribution in [-0.4, -0.2) is 19.7 Å². The van der Waals surface area contributed by atoms with Gasteiger partial charge in [-0.1, -0.05) is 23.7 Å². The third-order valence-electron chi connectivity index (χ3n) is 3.59. The minimum absolute atomic E-state index is 0.228. The number of ether oxygens (including phenoxy) is 1. The van der Waals surface area contributed by atoms with Gasteiger partial charge in [0.15, 0.2) is 0 Å². The number of benzene rings is 1. The molecule has 0 saturated carbocycles. The summed E-state index contributed by atoms with van der Waals surface area (Å²) in [5.74, 6) is 0.918. The minimum Gasteiger partial charge on any atom is -0.491 e. The second-order valence-electron chi connectivity index (χ2n) is 4.44. The van der Waals surface area contributed by atoms with E-state index in [4.69, 9.17) is 16.3 Å². The first kappa shape index (κ1) is 9.49. The van der Waals surface area contributed by atoms with Crippen molar-refractivity contribution in [2.75, 3.05) is 19.7 Å². The molecule has 0 bridgehead atoms. The normalized spacial score (nSPS) is 22.5. The first-order chi connectivity index (χ1) is 7.32. The van der Waals surface area contributed by atoms with E-state index in [-0.39, 0.29) is 5.41 Å². The molecule has 2 aliphatic rings. The summed E-state index contributed by atoms with van der Waals surface area (Å²) in [4.78, 5) is 0. The Labute approximate surface area is 94.6 Å². The molecular weight excluding hydrogens is 210 g/mol. The number of nitrogens with one attached hydrogen (secondary N) is 1. The summed E-state index contributed by atoms with van der Waals surface area (Å²) >= 11 is 6.13. The van der Waals surface area contributed by atoms with Crippen LogP contribution in [0.3, 0.4) is 0 Å². The molecule has 3 heteroatoms. The summed E-state index contributed by atoms with van der Waals surface area (Å²) in [6.07, 6.45) is 2.31. The third kappa shape index (κ3) is 1.35. The molecule has 15 heavy (non-hydrogen) atoms. The van der Waals surface area contributed by atoms with Gasteiger partial charge in [-0.05, 0) is 32.0 Å². The Hall–Kier alpha value is -0.730. The zero-order chi connectivity index (χ0) is 10.3. The Morgan fingerprint density at radius 2 is 2.07 bits per heavy atom. The van der Waals surface area contributed by atoms with Gasteiger partial charge in [0.05, 0.1) is 11.6 Å². The van der Waals surface area contributed by atoms with Crippen LogP contribution in [0.1, 0.15) is 18.4 Å². The van der Waals surface area contributed by atoms with Crippen molar-refractivity contribution in [3.05, 3.63) is 28.8 Å². The fourth-order valence-corrected chi connectivity index (χ4v) is 2.91. The molecular formula is C12H14ClNO. The van der Waals surface area contributed by atoms with E-state index >= 15 is 0 Å². The molecule has 2 heterocycles. The van der Waals surface area contributed by atoms with E-state index in [0.29, 0.717) is 0 Å². The van der Waals surface area contributed by atoms with Crippen LogP contribution in [-0.2, 0) is 5.41 Å². The first-order valence-electron chi connectivity index (χ1n) is 5.44. The van der Waals surface area contributed by atoms with Crippen LogP contribution in [0.4, 0.5) is 0 Å². The number of para-hydroxylation sites is 1. The van der Waals surface area contributed by atoms with Crippen molar-refractivity contribution in [1.82, 2.24) is 5.32 Å². The molecule has 1 aromatic rings. The van der Waals surface area contributed by atoms with Crippen LogP contribution in [0.15, 0.2) is 18.2 Å². The molecule has 1 fully saturated rings. The molecule has 0 radical (unpaired) electrons. The van der Waals surface area contributed by atoms with E-state index in [1.165, 1.54) is 5.56 Å². The molecule has 2 nitrogen and oxygen atoms in total. The zero-order valence-electron chi connectivity index (χ0n) is 8.55. The molecule has 0 aromatic heterocycles.